The van der Waals surface area contributed by atoms with Gasteiger partial charge in [0.25, 0.3) is 5.91 Å². The van der Waals surface area contributed by atoms with Crippen molar-refractivity contribution >= 4 is 11.8 Å². The Hall–Kier alpha value is -2.67. The average Bonchev–Trinajstić information content (AvgIpc) is 3.44. The van der Waals surface area contributed by atoms with Gasteiger partial charge in [0.2, 0.25) is 5.91 Å². The Kier molecular flexibility index (Phi) is 7.63. The summed E-state index contributed by atoms with van der Waals surface area (Å²) in [5.74, 6) is -0.346. The van der Waals surface area contributed by atoms with Crippen molar-refractivity contribution in [1.29, 1.82) is 0 Å². The molecule has 0 unspecified atom stereocenters. The van der Waals surface area contributed by atoms with Crippen molar-refractivity contribution in [3.05, 3.63) is 59.8 Å². The van der Waals surface area contributed by atoms with Crippen LogP contribution in [-0.2, 0) is 16.1 Å². The molecule has 2 atom stereocenters. The fraction of sp³-hybridized carbons (Fsp3) is 0.478. The maximum atomic E-state index is 13.6. The number of ether oxygens (including phenoxy) is 1. The summed E-state index contributed by atoms with van der Waals surface area (Å²) < 4.78 is 24.8. The van der Waals surface area contributed by atoms with Gasteiger partial charge < -0.3 is 19.0 Å². The minimum Gasteiger partial charge on any atom is -0.467 e. The van der Waals surface area contributed by atoms with Crippen LogP contribution in [0.3, 0.4) is 0 Å². The van der Waals surface area contributed by atoms with Gasteiger partial charge in [-0.15, -0.1) is 0 Å². The molecule has 1 aromatic heterocycles. The first-order valence-corrected chi connectivity index (χ1v) is 10.5. The molecule has 0 aliphatic carbocycles. The van der Waals surface area contributed by atoms with Crippen molar-refractivity contribution < 1.29 is 23.1 Å². The number of benzene rings is 1. The van der Waals surface area contributed by atoms with E-state index >= 15 is 0 Å². The molecule has 0 N–H and O–H groups in total. The molecule has 162 valence electrons. The summed E-state index contributed by atoms with van der Waals surface area (Å²) in [5, 5.41) is 0. The third kappa shape index (κ3) is 5.69. The van der Waals surface area contributed by atoms with Crippen LogP contribution in [0.4, 0.5) is 4.39 Å². The average molecular weight is 416 g/mol. The van der Waals surface area contributed by atoms with Crippen molar-refractivity contribution in [2.24, 2.45) is 0 Å². The predicted molar refractivity (Wildman–Crippen MR) is 110 cm³/mol. The van der Waals surface area contributed by atoms with Gasteiger partial charge in [-0.3, -0.25) is 9.59 Å². The lowest BCUT2D eigenvalue weighted by molar-refractivity contribution is -0.134. The molecule has 2 heterocycles. The van der Waals surface area contributed by atoms with Crippen molar-refractivity contribution in [2.75, 3.05) is 19.7 Å². The van der Waals surface area contributed by atoms with Crippen LogP contribution in [0.2, 0.25) is 0 Å². The van der Waals surface area contributed by atoms with Crippen LogP contribution in [0.1, 0.15) is 49.2 Å². The van der Waals surface area contributed by atoms with Crippen molar-refractivity contribution in [3.8, 4) is 0 Å². The highest BCUT2D eigenvalue weighted by atomic mass is 19.1. The van der Waals surface area contributed by atoms with Crippen LogP contribution in [0.15, 0.2) is 47.1 Å². The van der Waals surface area contributed by atoms with E-state index in [0.717, 1.165) is 12.8 Å². The molecule has 3 rings (SSSR count). The van der Waals surface area contributed by atoms with Crippen LogP contribution < -0.4 is 0 Å². The zero-order valence-corrected chi connectivity index (χ0v) is 17.6. The molecule has 1 aliphatic rings. The molecule has 2 amide bonds. The van der Waals surface area contributed by atoms with Gasteiger partial charge in [-0.05, 0) is 56.5 Å². The first-order chi connectivity index (χ1) is 14.5. The maximum absolute atomic E-state index is 13.6. The van der Waals surface area contributed by atoms with E-state index in [-0.39, 0.29) is 36.1 Å². The summed E-state index contributed by atoms with van der Waals surface area (Å²) >= 11 is 0. The lowest BCUT2D eigenvalue weighted by atomic mass is 10.1. The Morgan fingerprint density at radius 1 is 1.27 bits per heavy atom. The second-order valence-electron chi connectivity index (χ2n) is 7.69. The van der Waals surface area contributed by atoms with Crippen molar-refractivity contribution in [1.82, 2.24) is 9.80 Å². The Morgan fingerprint density at radius 2 is 2.10 bits per heavy atom. The summed E-state index contributed by atoms with van der Waals surface area (Å²) in [6.45, 7) is 5.22. The molecule has 7 heteroatoms. The smallest absolute Gasteiger partial charge is 0.254 e. The molecule has 30 heavy (non-hydrogen) atoms. The molecule has 1 saturated heterocycles. The summed E-state index contributed by atoms with van der Waals surface area (Å²) in [5.41, 5.74) is 0.236. The Balaban J connectivity index is 1.77. The zero-order chi connectivity index (χ0) is 21.5. The Labute approximate surface area is 176 Å². The van der Waals surface area contributed by atoms with E-state index in [1.807, 2.05) is 19.9 Å². The van der Waals surface area contributed by atoms with Gasteiger partial charge in [0, 0.05) is 24.8 Å². The van der Waals surface area contributed by atoms with E-state index in [0.29, 0.717) is 31.9 Å². The summed E-state index contributed by atoms with van der Waals surface area (Å²) in [7, 11) is 0. The van der Waals surface area contributed by atoms with Gasteiger partial charge in [-0.2, -0.15) is 0 Å². The topological polar surface area (TPSA) is 63.0 Å². The number of carbonyl (C=O) groups excluding carboxylic acids is 2. The van der Waals surface area contributed by atoms with Crippen LogP contribution in [0.5, 0.6) is 0 Å². The molecule has 1 aliphatic heterocycles. The van der Waals surface area contributed by atoms with E-state index in [9.17, 15) is 14.0 Å². The number of nitrogens with zero attached hydrogens (tertiary/aromatic N) is 2. The maximum Gasteiger partial charge on any atom is 0.254 e. The molecule has 0 saturated carbocycles. The molecule has 2 aromatic rings. The van der Waals surface area contributed by atoms with Crippen molar-refractivity contribution in [3.63, 3.8) is 0 Å². The second-order valence-corrected chi connectivity index (χ2v) is 7.69. The lowest BCUT2D eigenvalue weighted by Crippen LogP contribution is -2.47. The summed E-state index contributed by atoms with van der Waals surface area (Å²) in [6.07, 6.45) is 4.12. The fourth-order valence-electron chi connectivity index (χ4n) is 3.56. The van der Waals surface area contributed by atoms with E-state index in [1.54, 1.807) is 23.3 Å². The quantitative estimate of drug-likeness (QED) is 0.623. The van der Waals surface area contributed by atoms with E-state index in [4.69, 9.17) is 9.15 Å². The van der Waals surface area contributed by atoms with E-state index in [2.05, 4.69) is 0 Å². The number of hydrogen-bond acceptors (Lipinski definition) is 4. The highest BCUT2D eigenvalue weighted by Crippen LogP contribution is 2.18. The van der Waals surface area contributed by atoms with Gasteiger partial charge in [0.15, 0.2) is 0 Å². The molecule has 1 fully saturated rings. The number of hydrogen-bond donors (Lipinski definition) is 0. The van der Waals surface area contributed by atoms with Gasteiger partial charge in [-0.25, -0.2) is 4.39 Å². The monoisotopic (exact) mass is 416 g/mol. The van der Waals surface area contributed by atoms with Gasteiger partial charge in [0.1, 0.15) is 18.1 Å². The van der Waals surface area contributed by atoms with Gasteiger partial charge in [0.05, 0.1) is 18.9 Å². The molecule has 0 radical (unpaired) electrons. The number of rotatable bonds is 9. The molecular weight excluding hydrogens is 387 g/mol. The highest BCUT2D eigenvalue weighted by molar-refractivity contribution is 5.96. The van der Waals surface area contributed by atoms with Crippen LogP contribution in [0, 0.1) is 5.82 Å². The summed E-state index contributed by atoms with van der Waals surface area (Å²) in [4.78, 5) is 29.5. The normalized spacial score (nSPS) is 17.0. The second kappa shape index (κ2) is 10.4. The van der Waals surface area contributed by atoms with E-state index < -0.39 is 5.82 Å². The highest BCUT2D eigenvalue weighted by Gasteiger charge is 2.28. The molecule has 1 aromatic carbocycles. The molecular formula is C23H29FN2O4. The minimum atomic E-state index is -0.478. The van der Waals surface area contributed by atoms with Crippen LogP contribution >= 0.6 is 0 Å². The molecule has 0 spiro atoms. The number of furan rings is 1. The van der Waals surface area contributed by atoms with Crippen molar-refractivity contribution in [2.45, 2.75) is 51.8 Å². The third-order valence-electron chi connectivity index (χ3n) is 5.49. The van der Waals surface area contributed by atoms with Crippen LogP contribution in [0.25, 0.3) is 0 Å². The Morgan fingerprint density at radius 3 is 2.73 bits per heavy atom. The Bertz CT molecular complexity index is 833. The first kappa shape index (κ1) is 22.0. The zero-order valence-electron chi connectivity index (χ0n) is 17.6. The van der Waals surface area contributed by atoms with Crippen LogP contribution in [-0.4, -0.2) is 53.5 Å². The minimum absolute atomic E-state index is 0.0140. The predicted octanol–water partition coefficient (Wildman–Crippen LogP) is 3.87. The lowest BCUT2D eigenvalue weighted by Gasteiger charge is -2.32. The molecule has 0 bridgehead atoms. The standard InChI is InChI=1S/C23H29FN2O4/c1-3-17(2)26(23(28)18-7-4-8-19(24)13-18)16-22(27)25(14-20-9-5-11-29-20)15-21-10-6-12-30-21/h4-5,7-9,11,13,17,21H,3,6,10,12,14-16H2,1-2H3/t17-,21+/m1/s1. The third-order valence-corrected chi connectivity index (χ3v) is 5.49. The van der Waals surface area contributed by atoms with Gasteiger partial charge in [-0.1, -0.05) is 13.0 Å². The number of amides is 2. The summed E-state index contributed by atoms with van der Waals surface area (Å²) in [6, 6.07) is 9.00. The largest absolute Gasteiger partial charge is 0.467 e. The first-order valence-electron chi connectivity index (χ1n) is 10.5. The number of carbonyl (C=O) groups is 2. The van der Waals surface area contributed by atoms with Gasteiger partial charge >= 0.3 is 0 Å². The van der Waals surface area contributed by atoms with E-state index in [1.165, 1.54) is 23.1 Å². The number of halogens is 1. The fourth-order valence-corrected chi connectivity index (χ4v) is 3.56. The molecule has 6 nitrogen and oxygen atoms in total. The SMILES string of the molecule is CC[C@@H](C)N(CC(=O)N(Cc1ccco1)C[C@@H]1CCCO1)C(=O)c1cccc(F)c1.